The molecule has 0 spiro atoms. The Morgan fingerprint density at radius 3 is 2.48 bits per heavy atom. The number of carbonyl (C=O) groups is 1. The van der Waals surface area contributed by atoms with Gasteiger partial charge in [0.1, 0.15) is 11.4 Å². The zero-order chi connectivity index (χ0) is 16.6. The van der Waals surface area contributed by atoms with Gasteiger partial charge in [0.15, 0.2) is 5.78 Å². The molecular weight excluding hydrogens is 382 g/mol. The maximum Gasteiger partial charge on any atom is 0.264 e. The summed E-state index contributed by atoms with van der Waals surface area (Å²) in [5.41, 5.74) is 0.686. The third kappa shape index (κ3) is 2.74. The van der Waals surface area contributed by atoms with Crippen molar-refractivity contribution in [2.75, 3.05) is 18.0 Å². The lowest BCUT2D eigenvalue weighted by Crippen LogP contribution is -2.37. The summed E-state index contributed by atoms with van der Waals surface area (Å²) in [6.07, 6.45) is 0.149. The minimum atomic E-state index is -3.77. The highest BCUT2D eigenvalue weighted by atomic mass is 79.9. The lowest BCUT2D eigenvalue weighted by molar-refractivity contribution is 0.0981. The monoisotopic (exact) mass is 395 g/mol. The van der Waals surface area contributed by atoms with Crippen LogP contribution in [0.15, 0.2) is 51.8 Å². The number of hydrogen-bond acceptors (Lipinski definition) is 4. The molecule has 0 saturated carbocycles. The topological polar surface area (TPSA) is 63.7 Å². The summed E-state index contributed by atoms with van der Waals surface area (Å²) < 4.78 is 33.3. The molecule has 0 unspecified atom stereocenters. The Morgan fingerprint density at radius 1 is 1.13 bits per heavy atom. The van der Waals surface area contributed by atoms with Crippen LogP contribution in [0.3, 0.4) is 0 Å². The number of ketones is 1. The van der Waals surface area contributed by atoms with Gasteiger partial charge in [-0.3, -0.25) is 9.10 Å². The fraction of sp³-hybridized carbons (Fsp3) is 0.188. The van der Waals surface area contributed by atoms with E-state index in [0.29, 0.717) is 17.0 Å². The van der Waals surface area contributed by atoms with Crippen LogP contribution in [-0.2, 0) is 10.0 Å². The van der Waals surface area contributed by atoms with Gasteiger partial charge >= 0.3 is 0 Å². The van der Waals surface area contributed by atoms with E-state index < -0.39 is 10.0 Å². The lowest BCUT2D eigenvalue weighted by Gasteiger charge is -2.31. The number of methoxy groups -OCH3 is 1. The minimum absolute atomic E-state index is 0.0823. The van der Waals surface area contributed by atoms with Crippen molar-refractivity contribution in [1.82, 2.24) is 0 Å². The second-order valence-electron chi connectivity index (χ2n) is 5.06. The first-order valence-electron chi connectivity index (χ1n) is 6.93. The molecule has 0 atom stereocenters. The molecule has 0 N–H and O–H groups in total. The average molecular weight is 396 g/mol. The Morgan fingerprint density at radius 2 is 1.83 bits per heavy atom. The van der Waals surface area contributed by atoms with Crippen LogP contribution >= 0.6 is 15.9 Å². The fourth-order valence-corrected chi connectivity index (χ4v) is 4.35. The van der Waals surface area contributed by atoms with Crippen LogP contribution in [0.25, 0.3) is 0 Å². The Hall–Kier alpha value is -1.86. The van der Waals surface area contributed by atoms with Gasteiger partial charge in [-0.1, -0.05) is 22.0 Å². The number of carbonyl (C=O) groups excluding carboxylic acids is 1. The molecule has 7 heteroatoms. The number of rotatable bonds is 3. The quantitative estimate of drug-likeness (QED) is 0.799. The number of benzene rings is 2. The highest BCUT2D eigenvalue weighted by molar-refractivity contribution is 9.10. The molecule has 120 valence electrons. The van der Waals surface area contributed by atoms with Crippen LogP contribution < -0.4 is 9.04 Å². The molecule has 0 bridgehead atoms. The predicted octanol–water partition coefficient (Wildman–Crippen LogP) is 3.24. The van der Waals surface area contributed by atoms with Gasteiger partial charge in [-0.05, 0) is 36.4 Å². The van der Waals surface area contributed by atoms with E-state index in [9.17, 15) is 13.2 Å². The maximum atomic E-state index is 13.0. The van der Waals surface area contributed by atoms with E-state index in [2.05, 4.69) is 15.9 Å². The molecule has 1 aliphatic heterocycles. The number of hydrogen-bond donors (Lipinski definition) is 0. The third-order valence-corrected chi connectivity index (χ3v) is 6.05. The van der Waals surface area contributed by atoms with Gasteiger partial charge in [0.25, 0.3) is 10.0 Å². The third-order valence-electron chi connectivity index (χ3n) is 3.71. The van der Waals surface area contributed by atoms with Crippen molar-refractivity contribution in [3.8, 4) is 5.75 Å². The number of Topliss-reactive ketones (excluding diaryl/α,β-unsaturated/α-hetero) is 1. The zero-order valence-electron chi connectivity index (χ0n) is 12.3. The molecule has 0 amide bonds. The number of halogens is 1. The van der Waals surface area contributed by atoms with Crippen LogP contribution in [0.2, 0.25) is 0 Å². The van der Waals surface area contributed by atoms with Gasteiger partial charge in [0.2, 0.25) is 0 Å². The highest BCUT2D eigenvalue weighted by Gasteiger charge is 2.34. The van der Waals surface area contributed by atoms with Crippen molar-refractivity contribution in [3.63, 3.8) is 0 Å². The molecule has 0 aromatic heterocycles. The number of para-hydroxylation sites is 1. The van der Waals surface area contributed by atoms with Crippen molar-refractivity contribution in [2.24, 2.45) is 0 Å². The van der Waals surface area contributed by atoms with Crippen LogP contribution in [0.5, 0.6) is 5.75 Å². The number of nitrogens with zero attached hydrogens (tertiary/aromatic N) is 1. The number of fused-ring (bicyclic) bond motifs is 1. The van der Waals surface area contributed by atoms with Gasteiger partial charge in [-0.2, -0.15) is 0 Å². The van der Waals surface area contributed by atoms with E-state index in [0.717, 1.165) is 4.47 Å². The summed E-state index contributed by atoms with van der Waals surface area (Å²) in [7, 11) is -2.31. The van der Waals surface area contributed by atoms with Gasteiger partial charge in [0.05, 0.1) is 12.0 Å². The average Bonchev–Trinajstić information content (AvgIpc) is 2.55. The number of ether oxygens (including phenoxy) is 1. The summed E-state index contributed by atoms with van der Waals surface area (Å²) in [6.45, 7) is 0.102. The summed E-state index contributed by atoms with van der Waals surface area (Å²) in [4.78, 5) is 12.3. The Bertz CT molecular complexity index is 862. The van der Waals surface area contributed by atoms with E-state index in [1.54, 1.807) is 30.3 Å². The summed E-state index contributed by atoms with van der Waals surface area (Å²) in [5.74, 6) is 0.289. The number of sulfonamides is 1. The summed E-state index contributed by atoms with van der Waals surface area (Å²) in [5, 5.41) is 0. The van der Waals surface area contributed by atoms with Gasteiger partial charge in [0, 0.05) is 23.0 Å². The van der Waals surface area contributed by atoms with Crippen molar-refractivity contribution in [2.45, 2.75) is 11.3 Å². The maximum absolute atomic E-state index is 13.0. The normalized spacial score (nSPS) is 14.5. The SMILES string of the molecule is COc1cccc2c1N(S(=O)(=O)c1ccc(Br)cc1)CCC2=O. The smallest absolute Gasteiger partial charge is 0.264 e. The molecule has 23 heavy (non-hydrogen) atoms. The second kappa shape index (κ2) is 5.98. The summed E-state index contributed by atoms with van der Waals surface area (Å²) >= 11 is 3.29. The molecule has 2 aromatic carbocycles. The van der Waals surface area contributed by atoms with Crippen molar-refractivity contribution >= 4 is 37.4 Å². The molecule has 1 heterocycles. The molecule has 2 aromatic rings. The Balaban J connectivity index is 2.17. The molecule has 1 aliphatic rings. The van der Waals surface area contributed by atoms with Crippen LogP contribution in [0, 0.1) is 0 Å². The van der Waals surface area contributed by atoms with Gasteiger partial charge in [-0.25, -0.2) is 8.42 Å². The van der Waals surface area contributed by atoms with E-state index in [1.807, 2.05) is 0 Å². The summed E-state index contributed by atoms with van der Waals surface area (Å²) in [6, 6.07) is 11.4. The van der Waals surface area contributed by atoms with E-state index in [-0.39, 0.29) is 23.6 Å². The fourth-order valence-electron chi connectivity index (χ4n) is 2.59. The van der Waals surface area contributed by atoms with E-state index in [1.165, 1.54) is 23.5 Å². The molecule has 5 nitrogen and oxygen atoms in total. The highest BCUT2D eigenvalue weighted by Crippen LogP contribution is 2.39. The van der Waals surface area contributed by atoms with Crippen LogP contribution in [0.1, 0.15) is 16.8 Å². The largest absolute Gasteiger partial charge is 0.495 e. The van der Waals surface area contributed by atoms with Crippen LogP contribution in [0.4, 0.5) is 5.69 Å². The second-order valence-corrected chi connectivity index (χ2v) is 7.84. The van der Waals surface area contributed by atoms with Crippen molar-refractivity contribution in [1.29, 1.82) is 0 Å². The molecule has 0 saturated heterocycles. The predicted molar refractivity (Wildman–Crippen MR) is 90.6 cm³/mol. The first-order chi connectivity index (χ1) is 10.9. The minimum Gasteiger partial charge on any atom is -0.495 e. The Kier molecular flexibility index (Phi) is 4.16. The number of anilines is 1. The molecule has 3 rings (SSSR count). The van der Waals surface area contributed by atoms with E-state index in [4.69, 9.17) is 4.74 Å². The molecule has 0 aliphatic carbocycles. The van der Waals surface area contributed by atoms with Gasteiger partial charge in [-0.15, -0.1) is 0 Å². The molecule has 0 fully saturated rings. The van der Waals surface area contributed by atoms with Crippen molar-refractivity contribution < 1.29 is 17.9 Å². The first-order valence-corrected chi connectivity index (χ1v) is 9.17. The molecular formula is C16H14BrNO4S. The first kappa shape index (κ1) is 16.0. The van der Waals surface area contributed by atoms with Crippen molar-refractivity contribution in [3.05, 3.63) is 52.5 Å². The standard InChI is InChI=1S/C16H14BrNO4S/c1-22-15-4-2-3-13-14(19)9-10-18(16(13)15)23(20,21)12-7-5-11(17)6-8-12/h2-8H,9-10H2,1H3. The molecule has 0 radical (unpaired) electrons. The lowest BCUT2D eigenvalue weighted by atomic mass is 10.0. The van der Waals surface area contributed by atoms with Gasteiger partial charge < -0.3 is 4.74 Å². The van der Waals surface area contributed by atoms with E-state index >= 15 is 0 Å². The zero-order valence-corrected chi connectivity index (χ0v) is 14.7. The Labute approximate surface area is 143 Å². The van der Waals surface area contributed by atoms with Crippen LogP contribution in [-0.4, -0.2) is 27.9 Å².